The largest absolute Gasteiger partial charge is 0.489 e. The predicted molar refractivity (Wildman–Crippen MR) is 117 cm³/mol. The Bertz CT molecular complexity index is 1110. The normalized spacial score (nSPS) is 10.8. The molecule has 146 valence electrons. The Morgan fingerprint density at radius 2 is 1.97 bits per heavy atom. The molecule has 0 aliphatic rings. The maximum Gasteiger partial charge on any atom is 0.349 e. The Labute approximate surface area is 177 Å². The third kappa shape index (κ3) is 4.60. The van der Waals surface area contributed by atoms with Crippen molar-refractivity contribution >= 4 is 39.2 Å². The van der Waals surface area contributed by atoms with Gasteiger partial charge in [-0.25, -0.2) is 4.79 Å². The summed E-state index contributed by atoms with van der Waals surface area (Å²) in [5, 5.41) is 1.03. The molecule has 29 heavy (non-hydrogen) atoms. The molecule has 0 fully saturated rings. The number of benzene rings is 2. The van der Waals surface area contributed by atoms with Gasteiger partial charge in [-0.15, -0.1) is 11.3 Å². The van der Waals surface area contributed by atoms with Crippen LogP contribution in [0.1, 0.15) is 22.2 Å². The van der Waals surface area contributed by atoms with Crippen molar-refractivity contribution in [1.82, 2.24) is 4.98 Å². The fourth-order valence-corrected chi connectivity index (χ4v) is 5.16. The van der Waals surface area contributed by atoms with Gasteiger partial charge in [0.2, 0.25) is 0 Å². The van der Waals surface area contributed by atoms with Gasteiger partial charge < -0.3 is 9.47 Å². The second kappa shape index (κ2) is 9.11. The molecule has 0 saturated carbocycles. The smallest absolute Gasteiger partial charge is 0.349 e. The summed E-state index contributed by atoms with van der Waals surface area (Å²) < 4.78 is 12.2. The van der Waals surface area contributed by atoms with Crippen LogP contribution in [-0.2, 0) is 11.3 Å². The summed E-state index contributed by atoms with van der Waals surface area (Å²) in [6.45, 7) is 2.61. The van der Waals surface area contributed by atoms with Crippen molar-refractivity contribution in [3.63, 3.8) is 0 Å². The maximum absolute atomic E-state index is 12.6. The molecule has 2 aromatic heterocycles. The van der Waals surface area contributed by atoms with Crippen LogP contribution in [0.25, 0.3) is 10.1 Å². The molecule has 0 amide bonds. The van der Waals surface area contributed by atoms with E-state index in [1.807, 2.05) is 67.6 Å². The zero-order valence-electron chi connectivity index (χ0n) is 15.8. The van der Waals surface area contributed by atoms with Crippen LogP contribution < -0.4 is 4.74 Å². The van der Waals surface area contributed by atoms with Gasteiger partial charge in [0.25, 0.3) is 0 Å². The lowest BCUT2D eigenvalue weighted by atomic mass is 10.2. The highest BCUT2D eigenvalue weighted by molar-refractivity contribution is 7.99. The molecule has 0 radical (unpaired) electrons. The van der Waals surface area contributed by atoms with E-state index in [9.17, 15) is 4.79 Å². The SMILES string of the molecule is CCOC(=O)c1sc2cc(OCc3cccnc3)ccc2c1Sc1ccccc1. The van der Waals surface area contributed by atoms with E-state index >= 15 is 0 Å². The van der Waals surface area contributed by atoms with Crippen LogP contribution in [0.15, 0.2) is 82.8 Å². The number of carbonyl (C=O) groups excluding carboxylic acids is 1. The Morgan fingerprint density at radius 1 is 1.10 bits per heavy atom. The van der Waals surface area contributed by atoms with Crippen LogP contribution in [0.4, 0.5) is 0 Å². The van der Waals surface area contributed by atoms with Gasteiger partial charge in [-0.05, 0) is 43.3 Å². The first-order chi connectivity index (χ1) is 14.2. The van der Waals surface area contributed by atoms with Gasteiger partial charge in [0, 0.05) is 37.8 Å². The minimum Gasteiger partial charge on any atom is -0.489 e. The number of thiophene rings is 1. The van der Waals surface area contributed by atoms with E-state index in [-0.39, 0.29) is 5.97 Å². The number of pyridine rings is 1. The van der Waals surface area contributed by atoms with Crippen molar-refractivity contribution in [1.29, 1.82) is 0 Å². The van der Waals surface area contributed by atoms with E-state index in [1.54, 1.807) is 24.2 Å². The molecule has 4 nitrogen and oxygen atoms in total. The van der Waals surface area contributed by atoms with Crippen molar-refractivity contribution in [3.8, 4) is 5.75 Å². The van der Waals surface area contributed by atoms with Crippen molar-refractivity contribution < 1.29 is 14.3 Å². The summed E-state index contributed by atoms with van der Waals surface area (Å²) in [5.41, 5.74) is 1.01. The molecule has 2 heterocycles. The van der Waals surface area contributed by atoms with Crippen LogP contribution in [-0.4, -0.2) is 17.6 Å². The molecule has 0 saturated heterocycles. The van der Waals surface area contributed by atoms with E-state index in [2.05, 4.69) is 4.98 Å². The molecular formula is C23H19NO3S2. The first-order valence-corrected chi connectivity index (χ1v) is 10.9. The average Bonchev–Trinajstić information content (AvgIpc) is 3.12. The molecule has 0 atom stereocenters. The van der Waals surface area contributed by atoms with Crippen molar-refractivity contribution in [3.05, 3.63) is 83.5 Å². The summed E-state index contributed by atoms with van der Waals surface area (Å²) in [5.74, 6) is 0.472. The zero-order chi connectivity index (χ0) is 20.1. The molecule has 0 bridgehead atoms. The fraction of sp³-hybridized carbons (Fsp3) is 0.130. The highest BCUT2D eigenvalue weighted by Crippen LogP contribution is 2.43. The number of aromatic nitrogens is 1. The molecule has 0 unspecified atom stereocenters. The lowest BCUT2D eigenvalue weighted by Gasteiger charge is -2.07. The molecule has 6 heteroatoms. The summed E-state index contributed by atoms with van der Waals surface area (Å²) in [6, 6.07) is 19.8. The van der Waals surface area contributed by atoms with Gasteiger partial charge in [-0.2, -0.15) is 0 Å². The summed E-state index contributed by atoms with van der Waals surface area (Å²) >= 11 is 3.02. The predicted octanol–water partition coefficient (Wildman–Crippen LogP) is 6.20. The van der Waals surface area contributed by atoms with Crippen LogP contribution in [0.3, 0.4) is 0 Å². The second-order valence-corrected chi connectivity index (χ2v) is 8.34. The van der Waals surface area contributed by atoms with E-state index in [0.29, 0.717) is 18.1 Å². The van der Waals surface area contributed by atoms with Crippen LogP contribution in [0, 0.1) is 0 Å². The Balaban J connectivity index is 1.66. The lowest BCUT2D eigenvalue weighted by molar-refractivity contribution is 0.0528. The Hall–Kier alpha value is -2.83. The Kier molecular flexibility index (Phi) is 6.12. The van der Waals surface area contributed by atoms with Crippen LogP contribution in [0.2, 0.25) is 0 Å². The van der Waals surface area contributed by atoms with E-state index in [4.69, 9.17) is 9.47 Å². The molecule has 0 N–H and O–H groups in total. The number of rotatable bonds is 7. The summed E-state index contributed by atoms with van der Waals surface area (Å²) in [4.78, 5) is 19.3. The van der Waals surface area contributed by atoms with Gasteiger partial charge in [0.05, 0.1) is 6.61 Å². The van der Waals surface area contributed by atoms with E-state index in [1.165, 1.54) is 11.3 Å². The first kappa shape index (κ1) is 19.5. The molecule has 2 aromatic carbocycles. The Morgan fingerprint density at radius 3 is 2.72 bits per heavy atom. The number of fused-ring (bicyclic) bond motifs is 1. The van der Waals surface area contributed by atoms with Gasteiger partial charge >= 0.3 is 5.97 Å². The van der Waals surface area contributed by atoms with Crippen LogP contribution in [0.5, 0.6) is 5.75 Å². The van der Waals surface area contributed by atoms with Gasteiger partial charge in [0.1, 0.15) is 17.2 Å². The van der Waals surface area contributed by atoms with Gasteiger partial charge in [-0.1, -0.05) is 36.0 Å². The topological polar surface area (TPSA) is 48.4 Å². The van der Waals surface area contributed by atoms with E-state index in [0.717, 1.165) is 31.2 Å². The second-order valence-electron chi connectivity index (χ2n) is 6.20. The lowest BCUT2D eigenvalue weighted by Crippen LogP contribution is -2.03. The zero-order valence-corrected chi connectivity index (χ0v) is 17.5. The highest BCUT2D eigenvalue weighted by atomic mass is 32.2. The van der Waals surface area contributed by atoms with E-state index < -0.39 is 0 Å². The summed E-state index contributed by atoms with van der Waals surface area (Å²) in [7, 11) is 0. The fourth-order valence-electron chi connectivity index (χ4n) is 2.83. The third-order valence-corrected chi connectivity index (χ3v) is 6.57. The average molecular weight is 422 g/mol. The quantitative estimate of drug-likeness (QED) is 0.332. The number of ether oxygens (including phenoxy) is 2. The van der Waals surface area contributed by atoms with Gasteiger partial charge in [0.15, 0.2) is 0 Å². The van der Waals surface area contributed by atoms with Crippen molar-refractivity contribution in [2.24, 2.45) is 0 Å². The maximum atomic E-state index is 12.6. The number of nitrogens with zero attached hydrogens (tertiary/aromatic N) is 1. The summed E-state index contributed by atoms with van der Waals surface area (Å²) in [6.07, 6.45) is 3.53. The van der Waals surface area contributed by atoms with Crippen molar-refractivity contribution in [2.45, 2.75) is 23.3 Å². The first-order valence-electron chi connectivity index (χ1n) is 9.23. The molecule has 0 aliphatic heterocycles. The minimum atomic E-state index is -0.287. The number of hydrogen-bond acceptors (Lipinski definition) is 6. The van der Waals surface area contributed by atoms with Crippen molar-refractivity contribution in [2.75, 3.05) is 6.61 Å². The molecule has 0 aliphatic carbocycles. The number of carbonyl (C=O) groups is 1. The van der Waals surface area contributed by atoms with Crippen LogP contribution >= 0.6 is 23.1 Å². The molecule has 4 aromatic rings. The molecule has 4 rings (SSSR count). The minimum absolute atomic E-state index is 0.287. The number of hydrogen-bond donors (Lipinski definition) is 0. The monoisotopic (exact) mass is 421 g/mol. The standard InChI is InChI=1S/C23H19NO3S2/c1-2-26-23(25)22-21(28-18-8-4-3-5-9-18)19-11-10-17(13-20(19)29-22)27-15-16-7-6-12-24-14-16/h3-14H,2,15H2,1H3. The highest BCUT2D eigenvalue weighted by Gasteiger charge is 2.21. The third-order valence-electron chi connectivity index (χ3n) is 4.17. The molecular weight excluding hydrogens is 402 g/mol. The molecule has 0 spiro atoms. The number of esters is 1. The van der Waals surface area contributed by atoms with Gasteiger partial charge in [-0.3, -0.25) is 4.98 Å².